The Bertz CT molecular complexity index is 273. The molecule has 1 radical (unpaired) electrons. The first-order valence-electron chi connectivity index (χ1n) is 3.48. The molecule has 0 fully saturated rings. The third-order valence-electron chi connectivity index (χ3n) is 1.59. The first-order chi connectivity index (χ1) is 5.36. The van der Waals surface area contributed by atoms with Crippen LogP contribution in [0.15, 0.2) is 18.2 Å². The van der Waals surface area contributed by atoms with Gasteiger partial charge >= 0.3 is 0 Å². The zero-order chi connectivity index (χ0) is 7.68. The van der Waals surface area contributed by atoms with E-state index in [1.54, 1.807) is 6.61 Å². The molecule has 1 aliphatic rings. The van der Waals surface area contributed by atoms with Crippen molar-refractivity contribution >= 4 is 11.4 Å². The van der Waals surface area contributed by atoms with Crippen LogP contribution in [0, 0.1) is 6.61 Å². The normalized spacial score (nSPS) is 14.5. The predicted octanol–water partition coefficient (Wildman–Crippen LogP) is 1.23. The zero-order valence-corrected chi connectivity index (χ0v) is 6.00. The first kappa shape index (κ1) is 6.34. The molecule has 0 bridgehead atoms. The standard InChI is InChI=1S/C8H9N2O/c9-6-1-2-8-7(5-6)10-3-4-11-8/h1-2,4-5,10H,3,9H2. The van der Waals surface area contributed by atoms with E-state index < -0.39 is 0 Å². The van der Waals surface area contributed by atoms with Gasteiger partial charge in [0.05, 0.1) is 12.2 Å². The van der Waals surface area contributed by atoms with Crippen LogP contribution in [0.2, 0.25) is 0 Å². The van der Waals surface area contributed by atoms with E-state index in [1.807, 2.05) is 18.2 Å². The van der Waals surface area contributed by atoms with Gasteiger partial charge in [0.25, 0.3) is 0 Å². The lowest BCUT2D eigenvalue weighted by molar-refractivity contribution is 0.400. The smallest absolute Gasteiger partial charge is 0.154 e. The minimum absolute atomic E-state index is 0.733. The maximum Gasteiger partial charge on any atom is 0.154 e. The van der Waals surface area contributed by atoms with Crippen molar-refractivity contribution in [2.24, 2.45) is 0 Å². The Hall–Kier alpha value is -1.38. The molecule has 1 aromatic carbocycles. The average Bonchev–Trinajstić information content (AvgIpc) is 2.04. The van der Waals surface area contributed by atoms with Gasteiger partial charge in [-0.2, -0.15) is 0 Å². The van der Waals surface area contributed by atoms with Crippen molar-refractivity contribution in [2.75, 3.05) is 17.6 Å². The minimum Gasteiger partial charge on any atom is -0.482 e. The molecule has 1 aliphatic heterocycles. The maximum absolute atomic E-state index is 5.58. The zero-order valence-electron chi connectivity index (χ0n) is 6.00. The first-order valence-corrected chi connectivity index (χ1v) is 3.48. The summed E-state index contributed by atoms with van der Waals surface area (Å²) < 4.78 is 5.24. The summed E-state index contributed by atoms with van der Waals surface area (Å²) in [6.07, 6.45) is 0. The van der Waals surface area contributed by atoms with Crippen molar-refractivity contribution in [3.63, 3.8) is 0 Å². The largest absolute Gasteiger partial charge is 0.482 e. The van der Waals surface area contributed by atoms with Crippen LogP contribution >= 0.6 is 0 Å². The summed E-state index contributed by atoms with van der Waals surface area (Å²) in [5, 5.41) is 3.14. The Morgan fingerprint density at radius 1 is 1.45 bits per heavy atom. The van der Waals surface area contributed by atoms with Crippen LogP contribution < -0.4 is 15.8 Å². The van der Waals surface area contributed by atoms with Gasteiger partial charge in [-0.25, -0.2) is 0 Å². The molecule has 3 N–H and O–H groups in total. The predicted molar refractivity (Wildman–Crippen MR) is 44.3 cm³/mol. The molecule has 0 spiro atoms. The Morgan fingerprint density at radius 3 is 3.27 bits per heavy atom. The molecule has 1 heterocycles. The molecule has 11 heavy (non-hydrogen) atoms. The van der Waals surface area contributed by atoms with Crippen LogP contribution in [0.25, 0.3) is 0 Å². The topological polar surface area (TPSA) is 47.3 Å². The molecule has 0 aromatic heterocycles. The fraction of sp³-hybridized carbons (Fsp3) is 0.125. The van der Waals surface area contributed by atoms with Crippen LogP contribution in [0.4, 0.5) is 11.4 Å². The number of nitrogen functional groups attached to an aromatic ring is 1. The van der Waals surface area contributed by atoms with Crippen molar-refractivity contribution in [3.05, 3.63) is 24.8 Å². The van der Waals surface area contributed by atoms with Crippen LogP contribution in [-0.4, -0.2) is 6.54 Å². The second kappa shape index (κ2) is 2.34. The van der Waals surface area contributed by atoms with E-state index in [1.165, 1.54) is 0 Å². The summed E-state index contributed by atoms with van der Waals surface area (Å²) in [4.78, 5) is 0. The van der Waals surface area contributed by atoms with E-state index >= 15 is 0 Å². The molecule has 0 atom stereocenters. The highest BCUT2D eigenvalue weighted by Gasteiger charge is 2.08. The second-order valence-corrected chi connectivity index (χ2v) is 2.42. The van der Waals surface area contributed by atoms with Crippen LogP contribution in [0.3, 0.4) is 0 Å². The molecule has 0 amide bonds. The highest BCUT2D eigenvalue weighted by molar-refractivity contribution is 5.64. The van der Waals surface area contributed by atoms with Gasteiger partial charge in [-0.15, -0.1) is 0 Å². The Balaban J connectivity index is 2.43. The number of fused-ring (bicyclic) bond motifs is 1. The molecule has 57 valence electrons. The van der Waals surface area contributed by atoms with Gasteiger partial charge in [0.1, 0.15) is 5.75 Å². The van der Waals surface area contributed by atoms with Crippen molar-refractivity contribution in [3.8, 4) is 5.75 Å². The third-order valence-corrected chi connectivity index (χ3v) is 1.59. The summed E-state index contributed by atoms with van der Waals surface area (Å²) in [6.45, 7) is 2.45. The number of anilines is 2. The minimum atomic E-state index is 0.733. The number of rotatable bonds is 0. The van der Waals surface area contributed by atoms with E-state index in [0.717, 1.165) is 23.7 Å². The SMILES string of the molecule is Nc1ccc2c(c1)NC[CH]O2. The molecular weight excluding hydrogens is 140 g/mol. The number of ether oxygens (including phenoxy) is 1. The monoisotopic (exact) mass is 149 g/mol. The van der Waals surface area contributed by atoms with Crippen LogP contribution in [0.1, 0.15) is 0 Å². The van der Waals surface area contributed by atoms with Gasteiger partial charge in [-0.1, -0.05) is 0 Å². The molecule has 3 heteroatoms. The number of hydrogen-bond acceptors (Lipinski definition) is 3. The summed E-state index contributed by atoms with van der Waals surface area (Å²) in [5.41, 5.74) is 7.29. The van der Waals surface area contributed by atoms with Gasteiger partial charge in [-0.3, -0.25) is 0 Å². The lowest BCUT2D eigenvalue weighted by Crippen LogP contribution is -2.13. The molecule has 0 aliphatic carbocycles. The quantitative estimate of drug-likeness (QED) is 0.545. The van der Waals surface area contributed by atoms with Gasteiger partial charge in [0, 0.05) is 5.69 Å². The third kappa shape index (κ3) is 1.09. The molecule has 3 nitrogen and oxygen atoms in total. The molecular formula is C8H9N2O. The average molecular weight is 149 g/mol. The highest BCUT2D eigenvalue weighted by Crippen LogP contribution is 2.29. The summed E-state index contributed by atoms with van der Waals surface area (Å²) >= 11 is 0. The lowest BCUT2D eigenvalue weighted by atomic mass is 10.2. The van der Waals surface area contributed by atoms with Crippen LogP contribution in [0.5, 0.6) is 5.75 Å². The van der Waals surface area contributed by atoms with Crippen LogP contribution in [-0.2, 0) is 0 Å². The van der Waals surface area contributed by atoms with E-state index in [4.69, 9.17) is 10.5 Å². The molecule has 2 rings (SSSR count). The summed E-state index contributed by atoms with van der Waals surface area (Å²) in [7, 11) is 0. The van der Waals surface area contributed by atoms with Crippen molar-refractivity contribution in [1.29, 1.82) is 0 Å². The number of hydrogen-bond donors (Lipinski definition) is 2. The number of benzene rings is 1. The Morgan fingerprint density at radius 2 is 2.36 bits per heavy atom. The van der Waals surface area contributed by atoms with Crippen molar-refractivity contribution < 1.29 is 4.74 Å². The van der Waals surface area contributed by atoms with E-state index in [-0.39, 0.29) is 0 Å². The van der Waals surface area contributed by atoms with Gasteiger partial charge in [0.15, 0.2) is 6.61 Å². The van der Waals surface area contributed by atoms with Gasteiger partial charge in [-0.05, 0) is 18.2 Å². The lowest BCUT2D eigenvalue weighted by Gasteiger charge is -2.18. The fourth-order valence-corrected chi connectivity index (χ4v) is 1.07. The fourth-order valence-electron chi connectivity index (χ4n) is 1.07. The van der Waals surface area contributed by atoms with Crippen molar-refractivity contribution in [1.82, 2.24) is 0 Å². The Labute approximate surface area is 65.2 Å². The van der Waals surface area contributed by atoms with E-state index in [0.29, 0.717) is 0 Å². The molecule has 0 unspecified atom stereocenters. The summed E-state index contributed by atoms with van der Waals surface area (Å²) in [5.74, 6) is 0.838. The second-order valence-electron chi connectivity index (χ2n) is 2.42. The van der Waals surface area contributed by atoms with E-state index in [2.05, 4.69) is 5.32 Å². The van der Waals surface area contributed by atoms with Gasteiger partial charge < -0.3 is 15.8 Å². The number of nitrogens with two attached hydrogens (primary N) is 1. The highest BCUT2D eigenvalue weighted by atomic mass is 16.5. The van der Waals surface area contributed by atoms with Gasteiger partial charge in [0.2, 0.25) is 0 Å². The van der Waals surface area contributed by atoms with Crippen molar-refractivity contribution in [2.45, 2.75) is 0 Å². The Kier molecular flexibility index (Phi) is 1.35. The molecule has 0 saturated heterocycles. The summed E-state index contributed by atoms with van der Waals surface area (Å²) in [6, 6.07) is 5.54. The molecule has 1 aromatic rings. The number of nitrogens with one attached hydrogen (secondary N) is 1. The molecule has 0 saturated carbocycles. The maximum atomic E-state index is 5.58. The van der Waals surface area contributed by atoms with E-state index in [9.17, 15) is 0 Å².